The predicted octanol–water partition coefficient (Wildman–Crippen LogP) is 5.04. The monoisotopic (exact) mass is 863 g/mol. The van der Waals surface area contributed by atoms with E-state index in [0.717, 1.165) is 51.4 Å². The van der Waals surface area contributed by atoms with Crippen molar-refractivity contribution >= 4 is 11.9 Å². The van der Waals surface area contributed by atoms with E-state index in [9.17, 15) is 45.3 Å². The molecule has 0 aromatic heterocycles. The summed E-state index contributed by atoms with van der Waals surface area (Å²) in [4.78, 5) is 25.5. The third kappa shape index (κ3) is 22.5. The van der Waals surface area contributed by atoms with E-state index in [0.29, 0.717) is 12.8 Å². The van der Waals surface area contributed by atoms with Crippen LogP contribution in [0.25, 0.3) is 0 Å². The van der Waals surface area contributed by atoms with E-state index in [2.05, 4.69) is 26.0 Å². The lowest BCUT2D eigenvalue weighted by Crippen LogP contribution is -2.61. The van der Waals surface area contributed by atoms with E-state index in [1.165, 1.54) is 77.0 Å². The minimum atomic E-state index is -1.76. The van der Waals surface area contributed by atoms with Crippen molar-refractivity contribution in [2.75, 3.05) is 26.4 Å². The van der Waals surface area contributed by atoms with Crippen LogP contribution in [-0.2, 0) is 38.0 Å². The van der Waals surface area contributed by atoms with Crippen LogP contribution in [0, 0.1) is 0 Å². The zero-order valence-electron chi connectivity index (χ0n) is 36.7. The summed E-state index contributed by atoms with van der Waals surface area (Å²) in [7, 11) is 0. The average Bonchev–Trinajstić information content (AvgIpc) is 3.24. The van der Waals surface area contributed by atoms with Gasteiger partial charge in [0.25, 0.3) is 0 Å². The van der Waals surface area contributed by atoms with Crippen LogP contribution in [0.5, 0.6) is 0 Å². The summed E-state index contributed by atoms with van der Waals surface area (Å²) in [5.41, 5.74) is 0. The molecule has 0 aromatic carbocycles. The first kappa shape index (κ1) is 54.4. The second-order valence-electron chi connectivity index (χ2n) is 16.6. The summed E-state index contributed by atoms with van der Waals surface area (Å²) in [5, 5.41) is 71.8. The van der Waals surface area contributed by atoms with E-state index in [1.807, 2.05) is 0 Å². The third-order valence-electron chi connectivity index (χ3n) is 11.2. The fraction of sp³-hybridized carbons (Fsp3) is 0.911. The van der Waals surface area contributed by atoms with Gasteiger partial charge in [-0.3, -0.25) is 9.59 Å². The third-order valence-corrected chi connectivity index (χ3v) is 11.2. The molecule has 2 heterocycles. The molecule has 60 heavy (non-hydrogen) atoms. The van der Waals surface area contributed by atoms with Crippen molar-refractivity contribution in [3.63, 3.8) is 0 Å². The first-order valence-electron chi connectivity index (χ1n) is 23.3. The topological polar surface area (TPSA) is 231 Å². The molecule has 0 amide bonds. The Morgan fingerprint density at radius 3 is 1.48 bits per heavy atom. The van der Waals surface area contributed by atoms with Crippen molar-refractivity contribution < 1.29 is 73.8 Å². The van der Waals surface area contributed by atoms with Crippen molar-refractivity contribution in [1.82, 2.24) is 0 Å². The zero-order valence-corrected chi connectivity index (χ0v) is 36.7. The van der Waals surface area contributed by atoms with Gasteiger partial charge in [-0.2, -0.15) is 0 Å². The van der Waals surface area contributed by atoms with Crippen molar-refractivity contribution in [3.05, 3.63) is 12.2 Å². The Morgan fingerprint density at radius 2 is 0.950 bits per heavy atom. The maximum absolute atomic E-state index is 12.9. The first-order chi connectivity index (χ1) is 29.0. The van der Waals surface area contributed by atoms with Crippen molar-refractivity contribution in [2.24, 2.45) is 0 Å². The van der Waals surface area contributed by atoms with Gasteiger partial charge in [-0.25, -0.2) is 0 Å². The van der Waals surface area contributed by atoms with Crippen LogP contribution in [0.3, 0.4) is 0 Å². The van der Waals surface area contributed by atoms with Gasteiger partial charge in [0.1, 0.15) is 55.4 Å². The number of ether oxygens (including phenoxy) is 6. The van der Waals surface area contributed by atoms with Gasteiger partial charge >= 0.3 is 11.9 Å². The highest BCUT2D eigenvalue weighted by atomic mass is 16.7. The molecular weight excluding hydrogens is 780 g/mol. The summed E-state index contributed by atoms with van der Waals surface area (Å²) in [6, 6.07) is 0. The van der Waals surface area contributed by atoms with Gasteiger partial charge in [0.2, 0.25) is 0 Å². The summed E-state index contributed by atoms with van der Waals surface area (Å²) in [5.74, 6) is -0.930. The Morgan fingerprint density at radius 1 is 0.517 bits per heavy atom. The second-order valence-corrected chi connectivity index (χ2v) is 16.6. The number of aliphatic hydroxyl groups is 7. The molecule has 15 nitrogen and oxygen atoms in total. The van der Waals surface area contributed by atoms with Gasteiger partial charge in [0, 0.05) is 12.8 Å². The molecular formula is C45H82O15. The Bertz CT molecular complexity index is 1110. The van der Waals surface area contributed by atoms with E-state index >= 15 is 0 Å². The number of carbonyl (C=O) groups excluding carboxylic acids is 2. The quantitative estimate of drug-likeness (QED) is 0.0252. The maximum atomic E-state index is 12.9. The van der Waals surface area contributed by atoms with Crippen LogP contribution in [0.4, 0.5) is 0 Å². The number of carbonyl (C=O) groups is 2. The maximum Gasteiger partial charge on any atom is 0.306 e. The molecule has 0 aromatic rings. The molecule has 0 bridgehead atoms. The second kappa shape index (κ2) is 33.8. The lowest BCUT2D eigenvalue weighted by atomic mass is 9.98. The minimum Gasteiger partial charge on any atom is -0.462 e. The molecule has 2 saturated heterocycles. The molecule has 0 saturated carbocycles. The molecule has 2 aliphatic heterocycles. The minimum absolute atomic E-state index is 0.166. The highest BCUT2D eigenvalue weighted by molar-refractivity contribution is 5.70. The van der Waals surface area contributed by atoms with Crippen molar-refractivity contribution in [3.8, 4) is 0 Å². The van der Waals surface area contributed by atoms with Gasteiger partial charge in [-0.15, -0.1) is 0 Å². The number of aliphatic hydroxyl groups excluding tert-OH is 7. The van der Waals surface area contributed by atoms with Crippen LogP contribution in [0.15, 0.2) is 12.2 Å². The number of hydrogen-bond acceptors (Lipinski definition) is 15. The molecule has 2 fully saturated rings. The van der Waals surface area contributed by atoms with Gasteiger partial charge in [0.05, 0.1) is 19.8 Å². The number of allylic oxidation sites excluding steroid dienone is 2. The van der Waals surface area contributed by atoms with Crippen LogP contribution in [-0.4, -0.2) is 142 Å². The van der Waals surface area contributed by atoms with E-state index in [1.54, 1.807) is 0 Å². The smallest absolute Gasteiger partial charge is 0.306 e. The van der Waals surface area contributed by atoms with Crippen LogP contribution >= 0.6 is 0 Å². The fourth-order valence-electron chi connectivity index (χ4n) is 7.33. The zero-order chi connectivity index (χ0) is 44.0. The molecule has 352 valence electrons. The van der Waals surface area contributed by atoms with Gasteiger partial charge in [0.15, 0.2) is 18.7 Å². The Labute approximate surface area is 359 Å². The molecule has 0 radical (unpaired) electrons. The number of unbranched alkanes of at least 4 members (excludes halogenated alkanes) is 19. The summed E-state index contributed by atoms with van der Waals surface area (Å²) >= 11 is 0. The van der Waals surface area contributed by atoms with E-state index < -0.39 is 92.7 Å². The normalized spacial score (nSPS) is 27.6. The Balaban J connectivity index is 1.81. The van der Waals surface area contributed by atoms with Crippen LogP contribution in [0.1, 0.15) is 168 Å². The van der Waals surface area contributed by atoms with Crippen LogP contribution < -0.4 is 0 Å². The molecule has 7 N–H and O–H groups in total. The SMILES string of the molecule is CCCCCC/C=C/CCCCCCCCCCCC(=O)O[C@H](COC(=O)CCCCCCCCC)CO[C@H]1O[C@@H](CO[C@H]2O[C@@H](CO)[C@@H](O)C(O)C2O)[C@@H](O)C(O)C1O. The predicted molar refractivity (Wildman–Crippen MR) is 224 cm³/mol. The molecule has 15 heteroatoms. The Hall–Kier alpha value is -1.76. The molecule has 4 unspecified atom stereocenters. The number of esters is 2. The molecule has 11 atom stereocenters. The van der Waals surface area contributed by atoms with Gasteiger partial charge < -0.3 is 64.2 Å². The molecule has 0 aliphatic carbocycles. The summed E-state index contributed by atoms with van der Waals surface area (Å²) in [6.07, 6.45) is 12.8. The van der Waals surface area contributed by atoms with Gasteiger partial charge in [-0.1, -0.05) is 129 Å². The van der Waals surface area contributed by atoms with Crippen LogP contribution in [0.2, 0.25) is 0 Å². The average molecular weight is 863 g/mol. The summed E-state index contributed by atoms with van der Waals surface area (Å²) < 4.78 is 33.4. The van der Waals surface area contributed by atoms with E-state index in [-0.39, 0.29) is 26.1 Å². The molecule has 2 aliphatic rings. The lowest BCUT2D eigenvalue weighted by molar-refractivity contribution is -0.332. The standard InChI is InChI=1S/C45H82O15/c1-3-5-7-9-11-12-13-14-15-16-17-18-19-20-22-24-26-28-37(48)58-33(30-55-36(47)27-25-23-21-10-8-6-4-2)31-56-44-43(54)41(52)39(50)35(60-44)32-57-45-42(53)40(51)38(49)34(29-46)59-45/h12-13,33-35,38-46,49-54H,3-11,14-32H2,1-2H3/b13-12+/t33-,34+,35+,38-,39-,40?,41?,42?,43?,44+,45+/m1/s1. The summed E-state index contributed by atoms with van der Waals surface area (Å²) in [6.45, 7) is 2.52. The Kier molecular flexibility index (Phi) is 30.6. The van der Waals surface area contributed by atoms with E-state index in [4.69, 9.17) is 28.4 Å². The van der Waals surface area contributed by atoms with Crippen molar-refractivity contribution in [2.45, 2.75) is 235 Å². The highest BCUT2D eigenvalue weighted by Crippen LogP contribution is 2.26. The first-order valence-corrected chi connectivity index (χ1v) is 23.3. The fourth-order valence-corrected chi connectivity index (χ4v) is 7.33. The number of hydrogen-bond donors (Lipinski definition) is 7. The lowest BCUT2D eigenvalue weighted by Gasteiger charge is -2.42. The molecule has 2 rings (SSSR count). The number of rotatable bonds is 35. The molecule has 0 spiro atoms. The largest absolute Gasteiger partial charge is 0.462 e. The van der Waals surface area contributed by atoms with Crippen molar-refractivity contribution in [1.29, 1.82) is 0 Å². The highest BCUT2D eigenvalue weighted by Gasteiger charge is 2.47. The van der Waals surface area contributed by atoms with Gasteiger partial charge in [-0.05, 0) is 38.5 Å².